The van der Waals surface area contributed by atoms with Crippen LogP contribution in [0.25, 0.3) is 0 Å². The molecule has 0 bridgehead atoms. The highest BCUT2D eigenvalue weighted by atomic mass is 16.5. The van der Waals surface area contributed by atoms with Gasteiger partial charge in [-0.2, -0.15) is 0 Å². The van der Waals surface area contributed by atoms with E-state index in [0.717, 1.165) is 38.5 Å². The van der Waals surface area contributed by atoms with E-state index < -0.39 is 0 Å². The van der Waals surface area contributed by atoms with Crippen molar-refractivity contribution in [2.24, 2.45) is 0 Å². The SMILES string of the molecule is CCCCC(=O)OCCCCCc1ccccc1. The van der Waals surface area contributed by atoms with E-state index in [0.29, 0.717) is 13.0 Å². The van der Waals surface area contributed by atoms with Crippen LogP contribution in [0.1, 0.15) is 51.0 Å². The van der Waals surface area contributed by atoms with E-state index in [1.54, 1.807) is 0 Å². The van der Waals surface area contributed by atoms with Crippen molar-refractivity contribution in [2.75, 3.05) is 6.61 Å². The molecular formula is C16H24O2. The molecule has 18 heavy (non-hydrogen) atoms. The molecule has 0 atom stereocenters. The van der Waals surface area contributed by atoms with E-state index in [9.17, 15) is 4.79 Å². The summed E-state index contributed by atoms with van der Waals surface area (Å²) in [5, 5.41) is 0. The minimum atomic E-state index is -0.0418. The molecule has 0 aromatic heterocycles. The van der Waals surface area contributed by atoms with Crippen molar-refractivity contribution in [3.63, 3.8) is 0 Å². The van der Waals surface area contributed by atoms with Crippen LogP contribution in [0.4, 0.5) is 0 Å². The summed E-state index contributed by atoms with van der Waals surface area (Å²) in [6.07, 6.45) is 6.93. The van der Waals surface area contributed by atoms with Crippen LogP contribution in [0.15, 0.2) is 30.3 Å². The molecule has 0 unspecified atom stereocenters. The van der Waals surface area contributed by atoms with E-state index in [2.05, 4.69) is 31.2 Å². The van der Waals surface area contributed by atoms with Gasteiger partial charge >= 0.3 is 5.97 Å². The molecule has 0 N–H and O–H groups in total. The summed E-state index contributed by atoms with van der Waals surface area (Å²) < 4.78 is 5.16. The highest BCUT2D eigenvalue weighted by Gasteiger charge is 2.00. The number of ether oxygens (including phenoxy) is 1. The largest absolute Gasteiger partial charge is 0.466 e. The number of rotatable bonds is 9. The van der Waals surface area contributed by atoms with Crippen molar-refractivity contribution in [3.05, 3.63) is 35.9 Å². The molecule has 0 heterocycles. The average Bonchev–Trinajstić information content (AvgIpc) is 2.41. The van der Waals surface area contributed by atoms with Crippen LogP contribution in [0.3, 0.4) is 0 Å². The monoisotopic (exact) mass is 248 g/mol. The highest BCUT2D eigenvalue weighted by molar-refractivity contribution is 5.69. The normalized spacial score (nSPS) is 10.3. The molecule has 0 aliphatic heterocycles. The first-order chi connectivity index (χ1) is 8.83. The lowest BCUT2D eigenvalue weighted by Gasteiger charge is -2.04. The molecule has 0 aliphatic carbocycles. The molecule has 0 radical (unpaired) electrons. The summed E-state index contributed by atoms with van der Waals surface area (Å²) in [6.45, 7) is 2.66. The Hall–Kier alpha value is -1.31. The van der Waals surface area contributed by atoms with Gasteiger partial charge < -0.3 is 4.74 Å². The summed E-state index contributed by atoms with van der Waals surface area (Å²) in [5.74, 6) is -0.0418. The lowest BCUT2D eigenvalue weighted by molar-refractivity contribution is -0.143. The maximum absolute atomic E-state index is 11.2. The smallest absolute Gasteiger partial charge is 0.305 e. The number of carbonyl (C=O) groups is 1. The Kier molecular flexibility index (Phi) is 7.94. The standard InChI is InChI=1S/C16H24O2/c1-2-3-13-16(17)18-14-9-5-8-12-15-10-6-4-7-11-15/h4,6-7,10-11H,2-3,5,8-9,12-14H2,1H3. The van der Waals surface area contributed by atoms with Gasteiger partial charge in [0.2, 0.25) is 0 Å². The van der Waals surface area contributed by atoms with Crippen LogP contribution >= 0.6 is 0 Å². The number of hydrogen-bond donors (Lipinski definition) is 0. The molecule has 1 aromatic carbocycles. The van der Waals surface area contributed by atoms with Crippen molar-refractivity contribution >= 4 is 5.97 Å². The Labute approximate surface area is 110 Å². The predicted octanol–water partition coefficient (Wildman–Crippen LogP) is 4.13. The summed E-state index contributed by atoms with van der Waals surface area (Å²) in [4.78, 5) is 11.2. The second-order valence-corrected chi connectivity index (χ2v) is 4.62. The van der Waals surface area contributed by atoms with Gasteiger partial charge in [0.15, 0.2) is 0 Å². The fraction of sp³-hybridized carbons (Fsp3) is 0.562. The molecule has 0 saturated heterocycles. The fourth-order valence-electron chi connectivity index (χ4n) is 1.83. The number of carbonyl (C=O) groups excluding carboxylic acids is 1. The van der Waals surface area contributed by atoms with E-state index in [1.165, 1.54) is 5.56 Å². The fourth-order valence-corrected chi connectivity index (χ4v) is 1.83. The summed E-state index contributed by atoms with van der Waals surface area (Å²) in [5.41, 5.74) is 1.39. The molecule has 0 aliphatic rings. The summed E-state index contributed by atoms with van der Waals surface area (Å²) in [7, 11) is 0. The first-order valence-electron chi connectivity index (χ1n) is 7.02. The Bertz CT molecular complexity index is 319. The minimum Gasteiger partial charge on any atom is -0.466 e. The second-order valence-electron chi connectivity index (χ2n) is 4.62. The molecule has 0 fully saturated rings. The molecule has 0 amide bonds. The third-order valence-corrected chi connectivity index (χ3v) is 2.95. The zero-order valence-corrected chi connectivity index (χ0v) is 11.4. The maximum Gasteiger partial charge on any atom is 0.305 e. The van der Waals surface area contributed by atoms with Crippen LogP contribution in [0.5, 0.6) is 0 Å². The molecule has 0 saturated carbocycles. The van der Waals surface area contributed by atoms with Gasteiger partial charge in [-0.15, -0.1) is 0 Å². The zero-order chi connectivity index (χ0) is 13.1. The van der Waals surface area contributed by atoms with E-state index in [1.807, 2.05) is 6.07 Å². The van der Waals surface area contributed by atoms with Gasteiger partial charge in [-0.25, -0.2) is 0 Å². The second kappa shape index (κ2) is 9.69. The van der Waals surface area contributed by atoms with E-state index in [-0.39, 0.29) is 5.97 Å². The van der Waals surface area contributed by atoms with Crippen LogP contribution in [0.2, 0.25) is 0 Å². The number of esters is 1. The van der Waals surface area contributed by atoms with Gasteiger partial charge in [0.05, 0.1) is 6.61 Å². The minimum absolute atomic E-state index is 0.0418. The lowest BCUT2D eigenvalue weighted by atomic mass is 10.1. The van der Waals surface area contributed by atoms with Crippen molar-refractivity contribution in [3.8, 4) is 0 Å². The van der Waals surface area contributed by atoms with E-state index in [4.69, 9.17) is 4.74 Å². The van der Waals surface area contributed by atoms with Crippen LogP contribution < -0.4 is 0 Å². The van der Waals surface area contributed by atoms with E-state index >= 15 is 0 Å². The first kappa shape index (κ1) is 14.7. The molecule has 100 valence electrons. The van der Waals surface area contributed by atoms with Gasteiger partial charge in [-0.3, -0.25) is 4.79 Å². The predicted molar refractivity (Wildman–Crippen MR) is 74.5 cm³/mol. The van der Waals surface area contributed by atoms with Crippen LogP contribution in [-0.4, -0.2) is 12.6 Å². The number of benzene rings is 1. The van der Waals surface area contributed by atoms with Gasteiger partial charge in [-0.1, -0.05) is 43.7 Å². The number of unbranched alkanes of at least 4 members (excludes halogenated alkanes) is 3. The maximum atomic E-state index is 11.2. The van der Waals surface area contributed by atoms with Crippen LogP contribution in [-0.2, 0) is 16.0 Å². The highest BCUT2D eigenvalue weighted by Crippen LogP contribution is 2.06. The number of aryl methyl sites for hydroxylation is 1. The van der Waals surface area contributed by atoms with Crippen molar-refractivity contribution < 1.29 is 9.53 Å². The quantitative estimate of drug-likeness (QED) is 0.485. The number of hydrogen-bond acceptors (Lipinski definition) is 2. The zero-order valence-electron chi connectivity index (χ0n) is 11.4. The Morgan fingerprint density at radius 3 is 2.56 bits per heavy atom. The topological polar surface area (TPSA) is 26.3 Å². The van der Waals surface area contributed by atoms with Crippen molar-refractivity contribution in [2.45, 2.75) is 51.9 Å². The molecule has 0 spiro atoms. The first-order valence-corrected chi connectivity index (χ1v) is 7.02. The summed E-state index contributed by atoms with van der Waals surface area (Å²) in [6, 6.07) is 10.5. The van der Waals surface area contributed by atoms with Crippen molar-refractivity contribution in [1.82, 2.24) is 0 Å². The average molecular weight is 248 g/mol. The Morgan fingerprint density at radius 2 is 1.83 bits per heavy atom. The molecule has 2 nitrogen and oxygen atoms in total. The Balaban J connectivity index is 1.94. The molecular weight excluding hydrogens is 224 g/mol. The Morgan fingerprint density at radius 1 is 1.06 bits per heavy atom. The molecule has 1 aromatic rings. The van der Waals surface area contributed by atoms with Gasteiger partial charge in [0.1, 0.15) is 0 Å². The third-order valence-electron chi connectivity index (χ3n) is 2.95. The van der Waals surface area contributed by atoms with Crippen molar-refractivity contribution in [1.29, 1.82) is 0 Å². The molecule has 1 rings (SSSR count). The molecule has 2 heteroatoms. The van der Waals surface area contributed by atoms with Gasteiger partial charge in [0, 0.05) is 6.42 Å². The summed E-state index contributed by atoms with van der Waals surface area (Å²) >= 11 is 0. The van der Waals surface area contributed by atoms with Gasteiger partial charge in [0.25, 0.3) is 0 Å². The lowest BCUT2D eigenvalue weighted by Crippen LogP contribution is -2.05. The van der Waals surface area contributed by atoms with Gasteiger partial charge in [-0.05, 0) is 37.7 Å². The van der Waals surface area contributed by atoms with Crippen LogP contribution in [0, 0.1) is 0 Å². The third kappa shape index (κ3) is 7.10.